The second-order valence-corrected chi connectivity index (χ2v) is 5.25. The van der Waals surface area contributed by atoms with E-state index >= 15 is 0 Å². The molecule has 1 aromatic heterocycles. The summed E-state index contributed by atoms with van der Waals surface area (Å²) in [4.78, 5) is 4.07. The monoisotopic (exact) mass is 328 g/mol. The van der Waals surface area contributed by atoms with E-state index in [1.807, 2.05) is 13.0 Å². The molecule has 2 nitrogen and oxygen atoms in total. The fraction of sp³-hybridized carbons (Fsp3) is 0.154. The molecular weight excluding hydrogens is 319 g/mol. The number of anilines is 1. The Kier molecular flexibility index (Phi) is 4.19. The summed E-state index contributed by atoms with van der Waals surface area (Å²) < 4.78 is 13.9. The van der Waals surface area contributed by atoms with E-state index in [9.17, 15) is 4.39 Å². The molecule has 0 aliphatic carbocycles. The normalized spacial score (nSPS) is 12.2. The van der Waals surface area contributed by atoms with Crippen LogP contribution in [0.25, 0.3) is 0 Å². The first kappa shape index (κ1) is 13.3. The topological polar surface area (TPSA) is 24.9 Å². The van der Waals surface area contributed by atoms with Crippen LogP contribution in [0, 0.1) is 5.82 Å². The first-order chi connectivity index (χ1) is 8.56. The van der Waals surface area contributed by atoms with E-state index in [1.54, 1.807) is 18.5 Å². The smallest absolute Gasteiger partial charge is 0.124 e. The molecule has 94 valence electrons. The van der Waals surface area contributed by atoms with Gasteiger partial charge in [0.15, 0.2) is 0 Å². The summed E-state index contributed by atoms with van der Waals surface area (Å²) in [5.74, 6) is -0.333. The number of pyridine rings is 1. The molecule has 0 amide bonds. The van der Waals surface area contributed by atoms with Crippen LogP contribution in [0.3, 0.4) is 0 Å². The van der Waals surface area contributed by atoms with E-state index in [0.717, 1.165) is 15.7 Å². The Hall–Kier alpha value is -1.13. The Bertz CT molecular complexity index is 562. The zero-order valence-corrected chi connectivity index (χ0v) is 12.0. The van der Waals surface area contributed by atoms with E-state index in [2.05, 4.69) is 26.2 Å². The molecule has 5 heteroatoms. The average Bonchev–Trinajstić information content (AvgIpc) is 2.28. The predicted octanol–water partition coefficient (Wildman–Crippen LogP) is 4.81. The third-order valence-corrected chi connectivity index (χ3v) is 3.28. The van der Waals surface area contributed by atoms with E-state index < -0.39 is 0 Å². The lowest BCUT2D eigenvalue weighted by molar-refractivity contribution is 0.626. The minimum absolute atomic E-state index is 0.0331. The van der Waals surface area contributed by atoms with Gasteiger partial charge in [-0.2, -0.15) is 0 Å². The molecule has 1 unspecified atom stereocenters. The molecule has 0 fully saturated rings. The van der Waals surface area contributed by atoms with Gasteiger partial charge in [0.1, 0.15) is 5.82 Å². The second-order valence-electron chi connectivity index (χ2n) is 3.92. The number of halogens is 3. The molecule has 0 radical (unpaired) electrons. The molecule has 0 spiro atoms. The van der Waals surface area contributed by atoms with Gasteiger partial charge in [0.25, 0.3) is 0 Å². The third-order valence-electron chi connectivity index (χ3n) is 2.52. The van der Waals surface area contributed by atoms with Crippen molar-refractivity contribution in [3.05, 3.63) is 57.5 Å². The van der Waals surface area contributed by atoms with Gasteiger partial charge in [-0.05, 0) is 46.6 Å². The SMILES string of the molecule is CC(Nc1cncc(Br)c1)c1ccc(F)cc1Cl. The first-order valence-electron chi connectivity index (χ1n) is 5.38. The summed E-state index contributed by atoms with van der Waals surface area (Å²) in [5.41, 5.74) is 1.72. The fourth-order valence-electron chi connectivity index (χ4n) is 1.67. The number of nitrogens with one attached hydrogen (secondary N) is 1. The molecule has 0 saturated carbocycles. The highest BCUT2D eigenvalue weighted by Gasteiger charge is 2.10. The molecule has 2 aromatic rings. The van der Waals surface area contributed by atoms with Crippen LogP contribution in [0.2, 0.25) is 5.02 Å². The number of aromatic nitrogens is 1. The van der Waals surface area contributed by atoms with Crippen molar-refractivity contribution in [2.45, 2.75) is 13.0 Å². The Labute approximate surface area is 118 Å². The van der Waals surface area contributed by atoms with Gasteiger partial charge in [0, 0.05) is 15.7 Å². The largest absolute Gasteiger partial charge is 0.377 e. The second kappa shape index (κ2) is 5.67. The maximum Gasteiger partial charge on any atom is 0.124 e. The van der Waals surface area contributed by atoms with E-state index in [-0.39, 0.29) is 11.9 Å². The minimum Gasteiger partial charge on any atom is -0.377 e. The van der Waals surface area contributed by atoms with Gasteiger partial charge in [-0.3, -0.25) is 4.98 Å². The van der Waals surface area contributed by atoms with Crippen molar-refractivity contribution >= 4 is 33.2 Å². The van der Waals surface area contributed by atoms with Gasteiger partial charge in [0.05, 0.1) is 17.9 Å². The third kappa shape index (κ3) is 3.21. The summed E-state index contributed by atoms with van der Waals surface area (Å²) in [5, 5.41) is 3.67. The highest BCUT2D eigenvalue weighted by atomic mass is 79.9. The van der Waals surface area contributed by atoms with Crippen molar-refractivity contribution in [2.75, 3.05) is 5.32 Å². The number of hydrogen-bond acceptors (Lipinski definition) is 2. The maximum absolute atomic E-state index is 13.0. The van der Waals surface area contributed by atoms with Gasteiger partial charge in [-0.1, -0.05) is 17.7 Å². The number of nitrogens with zero attached hydrogens (tertiary/aromatic N) is 1. The lowest BCUT2D eigenvalue weighted by Crippen LogP contribution is -2.07. The Morgan fingerprint density at radius 1 is 1.33 bits per heavy atom. The van der Waals surface area contributed by atoms with Crippen LogP contribution in [-0.2, 0) is 0 Å². The van der Waals surface area contributed by atoms with Gasteiger partial charge >= 0.3 is 0 Å². The van der Waals surface area contributed by atoms with Crippen molar-refractivity contribution in [1.82, 2.24) is 4.98 Å². The van der Waals surface area contributed by atoms with Crippen molar-refractivity contribution in [1.29, 1.82) is 0 Å². The number of benzene rings is 1. The van der Waals surface area contributed by atoms with Crippen LogP contribution < -0.4 is 5.32 Å². The Morgan fingerprint density at radius 3 is 2.78 bits per heavy atom. The van der Waals surface area contributed by atoms with Crippen LogP contribution in [0.5, 0.6) is 0 Å². The number of rotatable bonds is 3. The average molecular weight is 330 g/mol. The van der Waals surface area contributed by atoms with Crippen molar-refractivity contribution in [3.63, 3.8) is 0 Å². The van der Waals surface area contributed by atoms with Crippen LogP contribution >= 0.6 is 27.5 Å². The highest BCUT2D eigenvalue weighted by molar-refractivity contribution is 9.10. The van der Waals surface area contributed by atoms with E-state index in [4.69, 9.17) is 11.6 Å². The van der Waals surface area contributed by atoms with E-state index in [1.165, 1.54) is 12.1 Å². The zero-order chi connectivity index (χ0) is 13.1. The maximum atomic E-state index is 13.0. The molecule has 0 aliphatic heterocycles. The molecule has 0 aliphatic rings. The lowest BCUT2D eigenvalue weighted by atomic mass is 10.1. The summed E-state index contributed by atoms with van der Waals surface area (Å²) in [6.45, 7) is 1.96. The van der Waals surface area contributed by atoms with Crippen molar-refractivity contribution in [3.8, 4) is 0 Å². The van der Waals surface area contributed by atoms with Gasteiger partial charge in [0.2, 0.25) is 0 Å². The molecule has 1 N–H and O–H groups in total. The molecule has 1 aromatic carbocycles. The lowest BCUT2D eigenvalue weighted by Gasteiger charge is -2.17. The standard InChI is InChI=1S/C13H11BrClFN2/c1-8(12-3-2-10(16)5-13(12)15)18-11-4-9(14)6-17-7-11/h2-8,18H,1H3. The zero-order valence-electron chi connectivity index (χ0n) is 9.62. The quantitative estimate of drug-likeness (QED) is 0.874. The molecule has 0 saturated heterocycles. The summed E-state index contributed by atoms with van der Waals surface area (Å²) in [7, 11) is 0. The van der Waals surface area contributed by atoms with Crippen LogP contribution in [0.1, 0.15) is 18.5 Å². The van der Waals surface area contributed by atoms with Crippen LogP contribution in [-0.4, -0.2) is 4.98 Å². The molecular formula is C13H11BrClFN2. The van der Waals surface area contributed by atoms with Crippen LogP contribution in [0.4, 0.5) is 10.1 Å². The predicted molar refractivity (Wildman–Crippen MR) is 75.4 cm³/mol. The van der Waals surface area contributed by atoms with Crippen molar-refractivity contribution in [2.24, 2.45) is 0 Å². The van der Waals surface area contributed by atoms with Gasteiger partial charge < -0.3 is 5.32 Å². The molecule has 1 atom stereocenters. The fourth-order valence-corrected chi connectivity index (χ4v) is 2.37. The summed E-state index contributed by atoms with van der Waals surface area (Å²) >= 11 is 9.37. The van der Waals surface area contributed by atoms with Crippen molar-refractivity contribution < 1.29 is 4.39 Å². The minimum atomic E-state index is -0.333. The van der Waals surface area contributed by atoms with Crippen LogP contribution in [0.15, 0.2) is 41.1 Å². The molecule has 0 bridgehead atoms. The van der Waals surface area contributed by atoms with Gasteiger partial charge in [-0.15, -0.1) is 0 Å². The molecule has 1 heterocycles. The first-order valence-corrected chi connectivity index (χ1v) is 6.55. The molecule has 18 heavy (non-hydrogen) atoms. The summed E-state index contributed by atoms with van der Waals surface area (Å²) in [6, 6.07) is 6.28. The number of hydrogen-bond donors (Lipinski definition) is 1. The Balaban J connectivity index is 2.19. The Morgan fingerprint density at radius 2 is 2.11 bits per heavy atom. The highest BCUT2D eigenvalue weighted by Crippen LogP contribution is 2.27. The van der Waals surface area contributed by atoms with Gasteiger partial charge in [-0.25, -0.2) is 4.39 Å². The molecule has 2 rings (SSSR count). The van der Waals surface area contributed by atoms with E-state index in [0.29, 0.717) is 5.02 Å². The summed E-state index contributed by atoms with van der Waals surface area (Å²) in [6.07, 6.45) is 3.43.